The molecule has 0 spiro atoms. The van der Waals surface area contributed by atoms with Crippen molar-refractivity contribution in [1.82, 2.24) is 0 Å². The van der Waals surface area contributed by atoms with Crippen molar-refractivity contribution >= 4 is 12.3 Å². The predicted molar refractivity (Wildman–Crippen MR) is 152 cm³/mol. The molecule has 4 heterocycles. The number of carbonyl (C=O) groups is 2. The topological polar surface area (TPSA) is 132 Å². The van der Waals surface area contributed by atoms with Gasteiger partial charge in [-0.3, -0.25) is 0 Å². The lowest BCUT2D eigenvalue weighted by Crippen LogP contribution is -2.70. The van der Waals surface area contributed by atoms with Crippen LogP contribution in [0, 0.1) is 39.9 Å². The van der Waals surface area contributed by atoms with Gasteiger partial charge in [-0.1, -0.05) is 26.0 Å². The highest BCUT2D eigenvalue weighted by Crippen LogP contribution is 2.77. The number of ether oxygens (including phenoxy) is 8. The smallest absolute Gasteiger partial charge is 0.333 e. The maximum atomic E-state index is 13.6. The Hall–Kier alpha value is -1.96. The molecule has 0 aromatic rings. The van der Waals surface area contributed by atoms with Gasteiger partial charge in [0.2, 0.25) is 0 Å². The van der Waals surface area contributed by atoms with Crippen LogP contribution in [0.1, 0.15) is 41.0 Å². The van der Waals surface area contributed by atoms with Crippen LogP contribution in [0.3, 0.4) is 0 Å². The van der Waals surface area contributed by atoms with Crippen LogP contribution in [-0.4, -0.2) is 93.9 Å². The standard InChI is InChI=1S/C33H44O11/c1-9-16(2)26(35)42-23-21(22-28(39-8)44-32(36)11-10-29(3)15-40-24(23)25(29)31(22,32)5)33-19(43-33)13-18(30(33,4)14-34)17-12-20(37-6)41-27(17)38-7/h9-12,14,18-25,27-28,36H,13,15H2,1-8H3/b16-9+/t18-,19+,20+,21-,22-,23-,24-,25-,27-,28+,29-,30-,31+,32-,33-/m0/s1. The van der Waals surface area contributed by atoms with E-state index in [1.54, 1.807) is 47.3 Å². The number of hydrogen-bond acceptors (Lipinski definition) is 11. The van der Waals surface area contributed by atoms with Crippen molar-refractivity contribution in [3.05, 3.63) is 35.5 Å². The Balaban J connectivity index is 1.41. The Bertz CT molecular complexity index is 1340. The molecule has 242 valence electrons. The Morgan fingerprint density at radius 1 is 1.07 bits per heavy atom. The quantitative estimate of drug-likeness (QED) is 0.142. The first-order valence-corrected chi connectivity index (χ1v) is 15.5. The van der Waals surface area contributed by atoms with Crippen molar-refractivity contribution in [2.75, 3.05) is 27.9 Å². The molecule has 0 unspecified atom stereocenters. The summed E-state index contributed by atoms with van der Waals surface area (Å²) in [6, 6.07) is 0. The predicted octanol–water partition coefficient (Wildman–Crippen LogP) is 2.66. The highest BCUT2D eigenvalue weighted by molar-refractivity contribution is 5.87. The molecule has 0 radical (unpaired) electrons. The number of carbonyl (C=O) groups excluding carboxylic acids is 2. The van der Waals surface area contributed by atoms with E-state index in [9.17, 15) is 14.7 Å². The lowest BCUT2D eigenvalue weighted by molar-refractivity contribution is -0.262. The molecule has 1 N–H and O–H groups in total. The zero-order valence-corrected chi connectivity index (χ0v) is 26.6. The zero-order chi connectivity index (χ0) is 31.6. The van der Waals surface area contributed by atoms with Crippen molar-refractivity contribution in [2.24, 2.45) is 39.9 Å². The van der Waals surface area contributed by atoms with Crippen LogP contribution >= 0.6 is 0 Å². The van der Waals surface area contributed by atoms with Crippen molar-refractivity contribution in [1.29, 1.82) is 0 Å². The van der Waals surface area contributed by atoms with E-state index in [4.69, 9.17) is 37.9 Å². The summed E-state index contributed by atoms with van der Waals surface area (Å²) < 4.78 is 49.2. The summed E-state index contributed by atoms with van der Waals surface area (Å²) in [7, 11) is 4.66. The third-order valence-electron chi connectivity index (χ3n) is 12.5. The lowest BCUT2D eigenvalue weighted by Gasteiger charge is -2.60. The average molecular weight is 617 g/mol. The average Bonchev–Trinajstić information content (AvgIpc) is 3.24. The van der Waals surface area contributed by atoms with Crippen molar-refractivity contribution in [3.63, 3.8) is 0 Å². The number of aldehydes is 1. The monoisotopic (exact) mass is 616 g/mol. The fraction of sp³-hybridized carbons (Fsp3) is 0.758. The highest BCUT2D eigenvalue weighted by atomic mass is 16.8. The lowest BCUT2D eigenvalue weighted by atomic mass is 9.43. The number of allylic oxidation sites excluding steroid dienone is 1. The number of esters is 1. The fourth-order valence-electron chi connectivity index (χ4n) is 10.3. The maximum Gasteiger partial charge on any atom is 0.333 e. The molecule has 0 bridgehead atoms. The summed E-state index contributed by atoms with van der Waals surface area (Å²) in [4.78, 5) is 27.1. The minimum absolute atomic E-state index is 0.283. The zero-order valence-electron chi connectivity index (χ0n) is 26.6. The Labute approximate surface area is 257 Å². The van der Waals surface area contributed by atoms with Crippen LogP contribution < -0.4 is 0 Å². The summed E-state index contributed by atoms with van der Waals surface area (Å²) >= 11 is 0. The molecule has 2 saturated carbocycles. The molecule has 11 nitrogen and oxygen atoms in total. The number of fused-ring (bicyclic) bond motifs is 1. The van der Waals surface area contributed by atoms with Crippen molar-refractivity contribution in [3.8, 4) is 0 Å². The van der Waals surface area contributed by atoms with E-state index in [0.29, 0.717) is 18.6 Å². The second-order valence-electron chi connectivity index (χ2n) is 14.2. The number of hydrogen-bond donors (Lipinski definition) is 1. The molecule has 3 saturated heterocycles. The SMILES string of the molecule is C/C=C(\C)C(=O)O[C@@H]1[C@@H]2OC[C@]3(C)C=C[C@]4(O)O[C@@H](OC)[C@H]([C@@H]1[C@@]15O[C@@H]1C[C@@H](C1=C[C@H](OC)O[C@@H]1OC)[C@]5(C)C=O)[C@]4(C)[C@@H]23. The molecular formula is C33H44O11. The Kier molecular flexibility index (Phi) is 6.82. The van der Waals surface area contributed by atoms with Crippen molar-refractivity contribution in [2.45, 2.75) is 89.6 Å². The molecule has 3 aliphatic carbocycles. The fourth-order valence-corrected chi connectivity index (χ4v) is 10.3. The van der Waals surface area contributed by atoms with Gasteiger partial charge in [-0.05, 0) is 44.9 Å². The van der Waals surface area contributed by atoms with E-state index in [1.165, 1.54) is 0 Å². The van der Waals surface area contributed by atoms with Gasteiger partial charge in [-0.2, -0.15) is 0 Å². The van der Waals surface area contributed by atoms with Gasteiger partial charge in [0.05, 0.1) is 24.2 Å². The number of epoxide rings is 1. The molecule has 15 atom stereocenters. The number of aliphatic hydroxyl groups is 1. The van der Waals surface area contributed by atoms with Gasteiger partial charge >= 0.3 is 5.97 Å². The van der Waals surface area contributed by atoms with Gasteiger partial charge in [0.15, 0.2) is 24.7 Å². The first-order valence-electron chi connectivity index (χ1n) is 15.5. The van der Waals surface area contributed by atoms with Gasteiger partial charge in [0.25, 0.3) is 0 Å². The van der Waals surface area contributed by atoms with Crippen molar-refractivity contribution < 1.29 is 52.6 Å². The van der Waals surface area contributed by atoms with E-state index < -0.39 is 76.5 Å². The molecular weight excluding hydrogens is 572 g/mol. The second kappa shape index (κ2) is 9.78. The third kappa shape index (κ3) is 3.50. The number of methoxy groups -OCH3 is 3. The molecule has 7 aliphatic rings. The summed E-state index contributed by atoms with van der Waals surface area (Å²) in [5.74, 6) is -3.91. The van der Waals surface area contributed by atoms with Crippen LogP contribution in [0.15, 0.2) is 35.5 Å². The molecule has 7 rings (SSSR count). The molecule has 11 heteroatoms. The van der Waals surface area contributed by atoms with Crippen LogP contribution in [0.4, 0.5) is 0 Å². The van der Waals surface area contributed by atoms with Gasteiger partial charge in [0, 0.05) is 61.4 Å². The minimum Gasteiger partial charge on any atom is -0.456 e. The van der Waals surface area contributed by atoms with Crippen LogP contribution in [-0.2, 0) is 47.5 Å². The second-order valence-corrected chi connectivity index (χ2v) is 14.2. The Morgan fingerprint density at radius 3 is 2.45 bits per heavy atom. The van der Waals surface area contributed by atoms with Gasteiger partial charge < -0.3 is 47.8 Å². The summed E-state index contributed by atoms with van der Waals surface area (Å²) in [5, 5.41) is 12.2. The van der Waals surface area contributed by atoms with E-state index in [0.717, 1.165) is 11.9 Å². The molecule has 4 aliphatic heterocycles. The highest BCUT2D eigenvalue weighted by Gasteiger charge is 2.87. The summed E-state index contributed by atoms with van der Waals surface area (Å²) in [6.07, 6.45) is 4.82. The summed E-state index contributed by atoms with van der Waals surface area (Å²) in [6.45, 7) is 9.90. The third-order valence-corrected chi connectivity index (χ3v) is 12.5. The van der Waals surface area contributed by atoms with Gasteiger partial charge in [-0.25, -0.2) is 4.79 Å². The normalized spacial score (nSPS) is 55.0. The van der Waals surface area contributed by atoms with Gasteiger partial charge in [-0.15, -0.1) is 0 Å². The van der Waals surface area contributed by atoms with E-state index in [2.05, 4.69) is 6.92 Å². The molecule has 5 fully saturated rings. The molecule has 44 heavy (non-hydrogen) atoms. The molecule has 0 aromatic carbocycles. The first kappa shape index (κ1) is 30.7. The minimum atomic E-state index is -1.67. The number of rotatable bonds is 8. The summed E-state index contributed by atoms with van der Waals surface area (Å²) in [5.41, 5.74) is -2.31. The molecule has 0 amide bonds. The van der Waals surface area contributed by atoms with Crippen LogP contribution in [0.2, 0.25) is 0 Å². The van der Waals surface area contributed by atoms with E-state index in [-0.39, 0.29) is 17.9 Å². The van der Waals surface area contributed by atoms with Crippen LogP contribution in [0.5, 0.6) is 0 Å². The largest absolute Gasteiger partial charge is 0.456 e. The Morgan fingerprint density at radius 2 is 1.82 bits per heavy atom. The van der Waals surface area contributed by atoms with E-state index in [1.807, 2.05) is 26.0 Å². The maximum absolute atomic E-state index is 13.6. The van der Waals surface area contributed by atoms with Gasteiger partial charge in [0.1, 0.15) is 18.0 Å². The molecule has 0 aromatic heterocycles. The van der Waals surface area contributed by atoms with Crippen LogP contribution in [0.25, 0.3) is 0 Å². The van der Waals surface area contributed by atoms with E-state index >= 15 is 0 Å². The first-order chi connectivity index (χ1) is 20.8.